The van der Waals surface area contributed by atoms with Crippen LogP contribution >= 0.6 is 12.2 Å². The van der Waals surface area contributed by atoms with Gasteiger partial charge in [-0.25, -0.2) is 4.79 Å². The highest BCUT2D eigenvalue weighted by Gasteiger charge is 2.35. The maximum absolute atomic E-state index is 13.5. The van der Waals surface area contributed by atoms with Gasteiger partial charge in [-0.1, -0.05) is 42.0 Å². The number of ether oxygens (including phenoxy) is 2. The first-order valence-corrected chi connectivity index (χ1v) is 13.0. The van der Waals surface area contributed by atoms with Gasteiger partial charge >= 0.3 is 5.97 Å². The number of nitrogens with zero attached hydrogens (tertiary/aromatic N) is 1. The molecular formula is C31H28N2O6S. The van der Waals surface area contributed by atoms with Crippen molar-refractivity contribution >= 4 is 46.9 Å². The van der Waals surface area contributed by atoms with E-state index in [1.165, 1.54) is 24.3 Å². The minimum atomic E-state index is -1.15. The Labute approximate surface area is 237 Å². The van der Waals surface area contributed by atoms with Crippen molar-refractivity contribution in [2.24, 2.45) is 0 Å². The third-order valence-corrected chi connectivity index (χ3v) is 6.33. The lowest BCUT2D eigenvalue weighted by atomic mass is 10.0. The van der Waals surface area contributed by atoms with E-state index in [0.717, 1.165) is 21.6 Å². The number of thiocarbonyl (C=S) groups is 1. The monoisotopic (exact) mass is 556 g/mol. The van der Waals surface area contributed by atoms with Gasteiger partial charge in [-0.05, 0) is 80.0 Å². The summed E-state index contributed by atoms with van der Waals surface area (Å²) in [6.07, 6.45) is 3.64. The Kier molecular flexibility index (Phi) is 8.76. The number of benzene rings is 3. The Bertz CT molecular complexity index is 1540. The zero-order valence-electron chi connectivity index (χ0n) is 22.1. The molecule has 0 unspecified atom stereocenters. The second-order valence-corrected chi connectivity index (χ2v) is 9.41. The third-order valence-electron chi connectivity index (χ3n) is 6.05. The molecule has 1 aliphatic heterocycles. The highest BCUT2D eigenvalue weighted by atomic mass is 32.1. The highest BCUT2D eigenvalue weighted by Crippen LogP contribution is 2.36. The summed E-state index contributed by atoms with van der Waals surface area (Å²) in [7, 11) is 0. The van der Waals surface area contributed by atoms with Crippen molar-refractivity contribution in [3.63, 3.8) is 0 Å². The Morgan fingerprint density at radius 3 is 2.58 bits per heavy atom. The summed E-state index contributed by atoms with van der Waals surface area (Å²) >= 11 is 5.25. The average molecular weight is 557 g/mol. The number of aryl methyl sites for hydroxylation is 1. The normalized spacial score (nSPS) is 14.2. The summed E-state index contributed by atoms with van der Waals surface area (Å²) < 4.78 is 12.1. The summed E-state index contributed by atoms with van der Waals surface area (Å²) in [4.78, 5) is 38.9. The maximum atomic E-state index is 13.5. The predicted octanol–water partition coefficient (Wildman–Crippen LogP) is 5.23. The molecule has 0 aromatic heterocycles. The van der Waals surface area contributed by atoms with Gasteiger partial charge in [0.2, 0.25) is 0 Å². The van der Waals surface area contributed by atoms with Crippen LogP contribution in [0.15, 0.2) is 78.9 Å². The molecule has 40 heavy (non-hydrogen) atoms. The van der Waals surface area contributed by atoms with E-state index in [9.17, 15) is 19.5 Å². The Hall–Kier alpha value is -4.76. The number of aromatic carboxylic acids is 1. The number of nitrogens with one attached hydrogen (secondary N) is 1. The SMILES string of the molecule is C=CCc1cc(C=C2C(=O)NC(=S)N(c3cccc(C(=O)O)c3)C2=O)cc(OCC)c1OCc1cccc(C)c1. The van der Waals surface area contributed by atoms with Gasteiger partial charge in [-0.15, -0.1) is 6.58 Å². The molecule has 1 heterocycles. The molecule has 0 spiro atoms. The number of carboxylic acids is 1. The molecule has 0 radical (unpaired) electrons. The van der Waals surface area contributed by atoms with Crippen molar-refractivity contribution in [1.29, 1.82) is 0 Å². The van der Waals surface area contributed by atoms with Crippen LogP contribution in [0.4, 0.5) is 5.69 Å². The zero-order chi connectivity index (χ0) is 28.8. The molecule has 9 heteroatoms. The quantitative estimate of drug-likeness (QED) is 0.152. The van der Waals surface area contributed by atoms with Crippen LogP contribution in [-0.2, 0) is 22.6 Å². The first kappa shape index (κ1) is 28.3. The molecule has 2 N–H and O–H groups in total. The third kappa shape index (κ3) is 6.27. The van der Waals surface area contributed by atoms with E-state index in [0.29, 0.717) is 36.7 Å². The van der Waals surface area contributed by atoms with E-state index >= 15 is 0 Å². The van der Waals surface area contributed by atoms with Crippen molar-refractivity contribution in [3.8, 4) is 11.5 Å². The largest absolute Gasteiger partial charge is 0.490 e. The van der Waals surface area contributed by atoms with Crippen molar-refractivity contribution in [2.45, 2.75) is 26.9 Å². The van der Waals surface area contributed by atoms with Gasteiger partial charge in [0, 0.05) is 5.56 Å². The smallest absolute Gasteiger partial charge is 0.335 e. The molecule has 204 valence electrons. The number of hydrogen-bond acceptors (Lipinski definition) is 6. The van der Waals surface area contributed by atoms with Crippen LogP contribution in [0.5, 0.6) is 11.5 Å². The molecule has 0 saturated carbocycles. The topological polar surface area (TPSA) is 105 Å². The number of rotatable bonds is 10. The lowest BCUT2D eigenvalue weighted by Gasteiger charge is -2.29. The molecule has 4 rings (SSSR count). The van der Waals surface area contributed by atoms with Gasteiger partial charge in [0.05, 0.1) is 17.9 Å². The second-order valence-electron chi connectivity index (χ2n) is 9.02. The van der Waals surface area contributed by atoms with Gasteiger partial charge in [0.1, 0.15) is 12.2 Å². The van der Waals surface area contributed by atoms with Crippen LogP contribution in [0.2, 0.25) is 0 Å². The highest BCUT2D eigenvalue weighted by molar-refractivity contribution is 7.80. The molecule has 3 aromatic carbocycles. The van der Waals surface area contributed by atoms with Crippen LogP contribution in [0, 0.1) is 6.92 Å². The van der Waals surface area contributed by atoms with E-state index in [1.54, 1.807) is 18.2 Å². The van der Waals surface area contributed by atoms with E-state index in [2.05, 4.69) is 11.9 Å². The average Bonchev–Trinajstić information content (AvgIpc) is 2.91. The fourth-order valence-electron chi connectivity index (χ4n) is 4.29. The van der Waals surface area contributed by atoms with E-state index in [1.807, 2.05) is 44.2 Å². The predicted molar refractivity (Wildman–Crippen MR) is 157 cm³/mol. The minimum Gasteiger partial charge on any atom is -0.490 e. The van der Waals surface area contributed by atoms with E-state index in [-0.39, 0.29) is 21.9 Å². The van der Waals surface area contributed by atoms with Crippen molar-refractivity contribution < 1.29 is 29.0 Å². The summed E-state index contributed by atoms with van der Waals surface area (Å²) in [5.41, 5.74) is 3.47. The standard InChI is InChI=1S/C31H28N2O6S/c1-4-8-22-14-21(16-26(38-5-2)27(22)39-18-20-10-6-9-19(3)13-20)15-25-28(34)32-31(40)33(29(25)35)24-12-7-11-23(17-24)30(36)37/h4,6-7,9-17H,1,5,8,18H2,2-3H3,(H,36,37)(H,32,34,40). The fraction of sp³-hybridized carbons (Fsp3) is 0.161. The molecule has 0 aliphatic carbocycles. The number of carbonyl (C=O) groups excluding carboxylic acids is 2. The summed E-state index contributed by atoms with van der Waals surface area (Å²) in [6, 6.07) is 17.3. The lowest BCUT2D eigenvalue weighted by Crippen LogP contribution is -2.54. The van der Waals surface area contributed by atoms with Gasteiger partial charge in [0.25, 0.3) is 11.8 Å². The summed E-state index contributed by atoms with van der Waals surface area (Å²) in [6.45, 7) is 8.42. The molecular weight excluding hydrogens is 528 g/mol. The molecule has 2 amide bonds. The maximum Gasteiger partial charge on any atom is 0.335 e. The Balaban J connectivity index is 1.73. The van der Waals surface area contributed by atoms with Crippen molar-refractivity contribution in [3.05, 3.63) is 107 Å². The van der Waals surface area contributed by atoms with Crippen molar-refractivity contribution in [1.82, 2.24) is 5.32 Å². The molecule has 0 bridgehead atoms. The summed E-state index contributed by atoms with van der Waals surface area (Å²) in [5, 5.41) is 11.7. The van der Waals surface area contributed by atoms with Crippen LogP contribution in [0.3, 0.4) is 0 Å². The second kappa shape index (κ2) is 12.4. The number of allylic oxidation sites excluding steroid dienone is 1. The number of carbonyl (C=O) groups is 3. The van der Waals surface area contributed by atoms with Gasteiger partial charge < -0.3 is 14.6 Å². The van der Waals surface area contributed by atoms with Crippen LogP contribution in [0.1, 0.15) is 39.5 Å². The number of amides is 2. The molecule has 1 saturated heterocycles. The fourth-order valence-corrected chi connectivity index (χ4v) is 4.58. The number of carboxylic acid groups (broad SMARTS) is 1. The lowest BCUT2D eigenvalue weighted by molar-refractivity contribution is -0.122. The molecule has 1 fully saturated rings. The molecule has 3 aromatic rings. The minimum absolute atomic E-state index is 0.0211. The molecule has 0 atom stereocenters. The van der Waals surface area contributed by atoms with Gasteiger partial charge in [-0.2, -0.15) is 0 Å². The van der Waals surface area contributed by atoms with E-state index < -0.39 is 17.8 Å². The number of anilines is 1. The first-order chi connectivity index (χ1) is 19.2. The number of hydrogen-bond donors (Lipinski definition) is 2. The summed E-state index contributed by atoms with van der Waals surface area (Å²) in [5.74, 6) is -1.48. The first-order valence-electron chi connectivity index (χ1n) is 12.6. The van der Waals surface area contributed by atoms with Crippen LogP contribution in [0.25, 0.3) is 6.08 Å². The van der Waals surface area contributed by atoms with Crippen LogP contribution in [-0.4, -0.2) is 34.6 Å². The van der Waals surface area contributed by atoms with Crippen molar-refractivity contribution in [2.75, 3.05) is 11.5 Å². The van der Waals surface area contributed by atoms with Crippen LogP contribution < -0.4 is 19.7 Å². The molecule has 1 aliphatic rings. The zero-order valence-corrected chi connectivity index (χ0v) is 22.9. The molecule has 8 nitrogen and oxygen atoms in total. The Morgan fingerprint density at radius 1 is 1.10 bits per heavy atom. The Morgan fingerprint density at radius 2 is 1.88 bits per heavy atom. The van der Waals surface area contributed by atoms with Gasteiger partial charge in [0.15, 0.2) is 16.6 Å². The van der Waals surface area contributed by atoms with Gasteiger partial charge in [-0.3, -0.25) is 19.8 Å². The van der Waals surface area contributed by atoms with E-state index in [4.69, 9.17) is 21.7 Å².